The van der Waals surface area contributed by atoms with Crippen LogP contribution in [-0.4, -0.2) is 6.08 Å². The van der Waals surface area contributed by atoms with E-state index < -0.39 is 0 Å². The molecule has 0 aromatic heterocycles. The van der Waals surface area contributed by atoms with Gasteiger partial charge in [-0.2, -0.15) is 4.99 Å². The van der Waals surface area contributed by atoms with Crippen molar-refractivity contribution in [1.82, 2.24) is 0 Å². The second-order valence-electron chi connectivity index (χ2n) is 4.25. The Labute approximate surface area is 94.0 Å². The number of hydrogen-bond acceptors (Lipinski definition) is 2. The van der Waals surface area contributed by atoms with Gasteiger partial charge in [0.2, 0.25) is 6.08 Å². The molecule has 2 rings (SSSR count). The van der Waals surface area contributed by atoms with Crippen molar-refractivity contribution in [2.45, 2.75) is 25.3 Å². The first kappa shape index (κ1) is 10.4. The maximum atomic E-state index is 10.4. The van der Waals surface area contributed by atoms with Crippen LogP contribution in [0.5, 0.6) is 0 Å². The normalized spacial score (nSPS) is 29.1. The number of isocyanates is 1. The monoisotopic (exact) mass is 221 g/mol. The second-order valence-corrected chi connectivity index (χ2v) is 4.69. The Bertz CT molecular complexity index is 400. The largest absolute Gasteiger partial charge is 0.235 e. The summed E-state index contributed by atoms with van der Waals surface area (Å²) in [5.41, 5.74) is 0.736. The lowest BCUT2D eigenvalue weighted by molar-refractivity contribution is 0.166. The van der Waals surface area contributed by atoms with Gasteiger partial charge in [-0.25, -0.2) is 4.79 Å². The summed E-state index contributed by atoms with van der Waals surface area (Å²) < 4.78 is 0. The zero-order valence-corrected chi connectivity index (χ0v) is 9.29. The molecule has 0 unspecified atom stereocenters. The van der Waals surface area contributed by atoms with Crippen LogP contribution in [0.25, 0.3) is 0 Å². The molecule has 78 valence electrons. The molecule has 3 heteroatoms. The van der Waals surface area contributed by atoms with Gasteiger partial charge >= 0.3 is 0 Å². The van der Waals surface area contributed by atoms with E-state index in [4.69, 9.17) is 11.6 Å². The molecule has 0 spiro atoms. The molecule has 1 aromatic rings. The number of benzene rings is 1. The maximum absolute atomic E-state index is 10.4. The predicted octanol–water partition coefficient (Wildman–Crippen LogP) is 3.30. The van der Waals surface area contributed by atoms with Crippen molar-refractivity contribution in [2.75, 3.05) is 0 Å². The number of halogens is 1. The van der Waals surface area contributed by atoms with Crippen molar-refractivity contribution in [3.05, 3.63) is 34.9 Å². The first-order valence-electron chi connectivity index (χ1n) is 5.01. The molecule has 0 radical (unpaired) electrons. The van der Waals surface area contributed by atoms with Crippen LogP contribution >= 0.6 is 11.6 Å². The summed E-state index contributed by atoms with van der Waals surface area (Å²) in [7, 11) is 0. The molecule has 1 saturated carbocycles. The molecule has 1 fully saturated rings. The van der Waals surface area contributed by atoms with E-state index in [0.717, 1.165) is 18.4 Å². The van der Waals surface area contributed by atoms with Gasteiger partial charge in [-0.15, -0.1) is 0 Å². The van der Waals surface area contributed by atoms with E-state index in [-0.39, 0.29) is 5.54 Å². The molecular weight excluding hydrogens is 210 g/mol. The third-order valence-corrected chi connectivity index (χ3v) is 3.27. The quantitative estimate of drug-likeness (QED) is 0.557. The fourth-order valence-electron chi connectivity index (χ4n) is 2.33. The summed E-state index contributed by atoms with van der Waals surface area (Å²) in [5.74, 6) is 0.623. The van der Waals surface area contributed by atoms with Gasteiger partial charge < -0.3 is 0 Å². The molecule has 1 aliphatic rings. The fraction of sp³-hybridized carbons (Fsp3) is 0.417. The third kappa shape index (κ3) is 1.83. The molecule has 0 amide bonds. The van der Waals surface area contributed by atoms with Crippen LogP contribution in [0.15, 0.2) is 29.3 Å². The van der Waals surface area contributed by atoms with E-state index in [2.05, 4.69) is 11.9 Å². The molecule has 15 heavy (non-hydrogen) atoms. The van der Waals surface area contributed by atoms with E-state index in [9.17, 15) is 4.79 Å². The summed E-state index contributed by atoms with van der Waals surface area (Å²) in [6, 6.07) is 7.55. The Morgan fingerprint density at radius 2 is 2.00 bits per heavy atom. The Hall–Kier alpha value is -1.11. The van der Waals surface area contributed by atoms with Crippen LogP contribution in [0.1, 0.15) is 25.3 Å². The minimum atomic E-state index is -0.328. The van der Waals surface area contributed by atoms with Crippen LogP contribution in [0.2, 0.25) is 5.02 Å². The minimum Gasteiger partial charge on any atom is -0.211 e. The summed E-state index contributed by atoms with van der Waals surface area (Å²) in [6.07, 6.45) is 3.53. The first-order chi connectivity index (χ1) is 7.16. The predicted molar refractivity (Wildman–Crippen MR) is 59.6 cm³/mol. The lowest BCUT2D eigenvalue weighted by Gasteiger charge is -2.42. The molecule has 0 saturated heterocycles. The molecular formula is C12H12ClNO. The SMILES string of the molecule is CC1CC(N=C=O)(c2ccc(Cl)cc2)C1. The van der Waals surface area contributed by atoms with Gasteiger partial charge in [0.25, 0.3) is 0 Å². The lowest BCUT2D eigenvalue weighted by Crippen LogP contribution is -2.38. The van der Waals surface area contributed by atoms with Crippen molar-refractivity contribution < 1.29 is 4.79 Å². The van der Waals surface area contributed by atoms with E-state index in [1.165, 1.54) is 0 Å². The molecule has 0 atom stereocenters. The highest BCUT2D eigenvalue weighted by atomic mass is 35.5. The Kier molecular flexibility index (Phi) is 2.64. The van der Waals surface area contributed by atoms with E-state index >= 15 is 0 Å². The molecule has 1 aliphatic carbocycles. The highest BCUT2D eigenvalue weighted by Crippen LogP contribution is 2.48. The molecule has 0 bridgehead atoms. The summed E-state index contributed by atoms with van der Waals surface area (Å²) in [5, 5.41) is 0.705. The van der Waals surface area contributed by atoms with Gasteiger partial charge in [0.15, 0.2) is 0 Å². The number of rotatable bonds is 2. The third-order valence-electron chi connectivity index (χ3n) is 3.01. The van der Waals surface area contributed by atoms with E-state index in [1.807, 2.05) is 24.3 Å². The first-order valence-corrected chi connectivity index (χ1v) is 5.39. The zero-order valence-electron chi connectivity index (χ0n) is 8.53. The van der Waals surface area contributed by atoms with Crippen LogP contribution in [-0.2, 0) is 10.3 Å². The number of hydrogen-bond donors (Lipinski definition) is 0. The van der Waals surface area contributed by atoms with Gasteiger partial charge in [0, 0.05) is 5.02 Å². The van der Waals surface area contributed by atoms with Crippen molar-refractivity contribution in [3.63, 3.8) is 0 Å². The smallest absolute Gasteiger partial charge is 0.211 e. The lowest BCUT2D eigenvalue weighted by atomic mass is 9.66. The van der Waals surface area contributed by atoms with Crippen LogP contribution in [0, 0.1) is 5.92 Å². The summed E-state index contributed by atoms with van der Waals surface area (Å²) >= 11 is 5.82. The van der Waals surface area contributed by atoms with Crippen molar-refractivity contribution >= 4 is 17.7 Å². The topological polar surface area (TPSA) is 29.4 Å². The van der Waals surface area contributed by atoms with Crippen LogP contribution < -0.4 is 0 Å². The van der Waals surface area contributed by atoms with Gasteiger partial charge in [-0.1, -0.05) is 30.7 Å². The number of aliphatic imine (C=N–C) groups is 1. The Morgan fingerprint density at radius 3 is 2.47 bits per heavy atom. The number of nitrogens with zero attached hydrogens (tertiary/aromatic N) is 1. The maximum Gasteiger partial charge on any atom is 0.235 e. The summed E-state index contributed by atoms with van der Waals surface area (Å²) in [4.78, 5) is 14.4. The molecule has 1 aromatic carbocycles. The molecule has 0 heterocycles. The van der Waals surface area contributed by atoms with Crippen LogP contribution in [0.3, 0.4) is 0 Å². The molecule has 0 aliphatic heterocycles. The van der Waals surface area contributed by atoms with Gasteiger partial charge in [0.05, 0.1) is 5.54 Å². The van der Waals surface area contributed by atoms with Gasteiger partial charge in [0.1, 0.15) is 0 Å². The molecule has 2 nitrogen and oxygen atoms in total. The zero-order chi connectivity index (χ0) is 10.9. The average molecular weight is 222 g/mol. The highest BCUT2D eigenvalue weighted by Gasteiger charge is 2.43. The second kappa shape index (κ2) is 3.80. The van der Waals surface area contributed by atoms with Crippen molar-refractivity contribution in [3.8, 4) is 0 Å². The Balaban J connectivity index is 2.34. The van der Waals surface area contributed by atoms with Gasteiger partial charge in [-0.05, 0) is 36.5 Å². The minimum absolute atomic E-state index is 0.328. The number of carbonyl (C=O) groups excluding carboxylic acids is 1. The molecule has 0 N–H and O–H groups in total. The highest BCUT2D eigenvalue weighted by molar-refractivity contribution is 6.30. The Morgan fingerprint density at radius 1 is 1.40 bits per heavy atom. The summed E-state index contributed by atoms with van der Waals surface area (Å²) in [6.45, 7) is 2.16. The van der Waals surface area contributed by atoms with Crippen molar-refractivity contribution in [2.24, 2.45) is 10.9 Å². The van der Waals surface area contributed by atoms with Crippen molar-refractivity contribution in [1.29, 1.82) is 0 Å². The van der Waals surface area contributed by atoms with E-state index in [0.29, 0.717) is 10.9 Å². The average Bonchev–Trinajstić information content (AvgIpc) is 2.16. The van der Waals surface area contributed by atoms with Crippen LogP contribution in [0.4, 0.5) is 0 Å². The fourth-order valence-corrected chi connectivity index (χ4v) is 2.46. The van der Waals surface area contributed by atoms with E-state index in [1.54, 1.807) is 6.08 Å². The standard InChI is InChI=1S/C12H12ClNO/c1-9-6-12(7-9,14-8-15)10-2-4-11(13)5-3-10/h2-5,9H,6-7H2,1H3. The van der Waals surface area contributed by atoms with Gasteiger partial charge in [-0.3, -0.25) is 0 Å².